The molecule has 26 heavy (non-hydrogen) atoms. The number of nitrogens with one attached hydrogen (secondary N) is 1. The van der Waals surface area contributed by atoms with Gasteiger partial charge in [0.25, 0.3) is 0 Å². The van der Waals surface area contributed by atoms with Crippen LogP contribution in [0, 0.1) is 5.41 Å². The van der Waals surface area contributed by atoms with E-state index in [9.17, 15) is 4.79 Å². The zero-order valence-electron chi connectivity index (χ0n) is 15.0. The second-order valence-corrected chi connectivity index (χ2v) is 6.99. The summed E-state index contributed by atoms with van der Waals surface area (Å²) in [7, 11) is 0. The van der Waals surface area contributed by atoms with Crippen molar-refractivity contribution in [2.24, 2.45) is 0 Å². The van der Waals surface area contributed by atoms with Gasteiger partial charge in [-0.15, -0.1) is 0 Å². The maximum atomic E-state index is 12.4. The van der Waals surface area contributed by atoms with Crippen LogP contribution in [0.4, 0.5) is 5.69 Å². The fourth-order valence-corrected chi connectivity index (χ4v) is 3.64. The summed E-state index contributed by atoms with van der Waals surface area (Å²) in [4.78, 5) is 15.5. The topological polar surface area (TPSA) is 57.3 Å². The summed E-state index contributed by atoms with van der Waals surface area (Å²) >= 11 is 1.26. The molecule has 0 atom stereocenters. The second-order valence-electron chi connectivity index (χ2n) is 5.91. The maximum Gasteiger partial charge on any atom is 0.346 e. The van der Waals surface area contributed by atoms with E-state index < -0.39 is 5.63 Å². The Kier molecular flexibility index (Phi) is 5.78. The number of allylic oxidation sites excluding steroid dienone is 5. The highest BCUT2D eigenvalue weighted by molar-refractivity contribution is 8.17. The molecule has 0 saturated heterocycles. The van der Waals surface area contributed by atoms with Gasteiger partial charge in [0.1, 0.15) is 10.6 Å². The van der Waals surface area contributed by atoms with E-state index >= 15 is 0 Å². The van der Waals surface area contributed by atoms with E-state index in [1.165, 1.54) is 11.8 Å². The molecule has 0 bridgehead atoms. The lowest BCUT2D eigenvalue weighted by Gasteiger charge is -2.21. The van der Waals surface area contributed by atoms with Crippen LogP contribution in [0.1, 0.15) is 25.8 Å². The third-order valence-electron chi connectivity index (χ3n) is 4.26. The second kappa shape index (κ2) is 8.23. The van der Waals surface area contributed by atoms with Crippen molar-refractivity contribution in [1.29, 1.82) is 5.41 Å². The summed E-state index contributed by atoms with van der Waals surface area (Å²) in [6.07, 6.45) is 10.8. The van der Waals surface area contributed by atoms with Gasteiger partial charge in [-0.3, -0.25) is 5.41 Å². The van der Waals surface area contributed by atoms with Crippen molar-refractivity contribution >= 4 is 33.5 Å². The molecule has 0 aliphatic heterocycles. The average molecular weight is 366 g/mol. The first-order valence-corrected chi connectivity index (χ1v) is 9.57. The lowest BCUT2D eigenvalue weighted by Crippen LogP contribution is -2.21. The van der Waals surface area contributed by atoms with Crippen LogP contribution < -0.4 is 10.5 Å². The van der Waals surface area contributed by atoms with Gasteiger partial charge in [-0.05, 0) is 44.5 Å². The molecule has 1 aromatic heterocycles. The molecular formula is C21H22N2O2S. The number of nitrogens with zero attached hydrogens (tertiary/aromatic N) is 1. The lowest BCUT2D eigenvalue weighted by atomic mass is 10.1. The van der Waals surface area contributed by atoms with E-state index in [2.05, 4.69) is 18.7 Å². The Morgan fingerprint density at radius 1 is 1.23 bits per heavy atom. The summed E-state index contributed by atoms with van der Waals surface area (Å²) in [5.41, 5.74) is 1.40. The summed E-state index contributed by atoms with van der Waals surface area (Å²) < 4.78 is 5.52. The van der Waals surface area contributed by atoms with Crippen molar-refractivity contribution in [3.63, 3.8) is 0 Å². The lowest BCUT2D eigenvalue weighted by molar-refractivity contribution is 0.559. The number of hydrogen-bond donors (Lipinski definition) is 1. The van der Waals surface area contributed by atoms with Crippen LogP contribution in [0.5, 0.6) is 0 Å². The van der Waals surface area contributed by atoms with E-state index in [0.29, 0.717) is 11.1 Å². The van der Waals surface area contributed by atoms with Crippen LogP contribution in [0.2, 0.25) is 0 Å². The van der Waals surface area contributed by atoms with Crippen LogP contribution >= 0.6 is 11.8 Å². The summed E-state index contributed by atoms with van der Waals surface area (Å²) in [6.45, 7) is 5.97. The van der Waals surface area contributed by atoms with Gasteiger partial charge < -0.3 is 9.32 Å². The minimum absolute atomic E-state index is 0.194. The minimum atomic E-state index is -0.472. The van der Waals surface area contributed by atoms with E-state index in [1.807, 2.05) is 48.6 Å². The normalized spacial score (nSPS) is 13.5. The predicted octanol–water partition coefficient (Wildman–Crippen LogP) is 5.10. The first kappa shape index (κ1) is 18.3. The molecule has 1 aliphatic carbocycles. The Morgan fingerprint density at radius 2 is 2.04 bits per heavy atom. The first-order valence-electron chi connectivity index (χ1n) is 8.75. The van der Waals surface area contributed by atoms with E-state index in [1.54, 1.807) is 6.07 Å². The zero-order chi connectivity index (χ0) is 18.5. The van der Waals surface area contributed by atoms with Crippen LogP contribution in [-0.2, 0) is 0 Å². The zero-order valence-corrected chi connectivity index (χ0v) is 15.8. The molecule has 1 aliphatic rings. The Balaban J connectivity index is 1.92. The van der Waals surface area contributed by atoms with Crippen molar-refractivity contribution < 1.29 is 4.42 Å². The smallest absolute Gasteiger partial charge is 0.346 e. The number of thioether (sulfide) groups is 1. The van der Waals surface area contributed by atoms with Crippen LogP contribution in [0.25, 0.3) is 11.0 Å². The molecule has 1 N–H and O–H groups in total. The minimum Gasteiger partial charge on any atom is -0.422 e. The number of anilines is 1. The number of fused-ring (bicyclic) bond motifs is 1. The van der Waals surface area contributed by atoms with Gasteiger partial charge >= 0.3 is 5.63 Å². The monoisotopic (exact) mass is 366 g/mol. The standard InChI is InChI=1S/C21H22N2O2S/c1-3-23(4-2)16-12-11-15-13-18(21(24)25-19(15)14-16)20(22)26-17-9-7-5-6-8-10-17/h5,7-14,22H,3-4,6H2,1-2H3. The maximum absolute atomic E-state index is 12.4. The van der Waals surface area contributed by atoms with Crippen molar-refractivity contribution in [2.45, 2.75) is 20.3 Å². The molecule has 4 nitrogen and oxygen atoms in total. The quantitative estimate of drug-likeness (QED) is 0.454. The van der Waals surface area contributed by atoms with Gasteiger partial charge in [-0.1, -0.05) is 36.1 Å². The van der Waals surface area contributed by atoms with E-state index in [-0.39, 0.29) is 5.04 Å². The van der Waals surface area contributed by atoms with Crippen molar-refractivity contribution in [3.05, 3.63) is 75.5 Å². The molecule has 2 aromatic rings. The van der Waals surface area contributed by atoms with Crippen molar-refractivity contribution in [1.82, 2.24) is 0 Å². The fraction of sp³-hybridized carbons (Fsp3) is 0.238. The highest BCUT2D eigenvalue weighted by atomic mass is 32.2. The molecule has 0 radical (unpaired) electrons. The molecular weight excluding hydrogens is 344 g/mol. The number of rotatable bonds is 5. The number of benzene rings is 1. The van der Waals surface area contributed by atoms with Crippen molar-refractivity contribution in [2.75, 3.05) is 18.0 Å². The van der Waals surface area contributed by atoms with E-state index in [4.69, 9.17) is 9.83 Å². The third kappa shape index (κ3) is 3.99. The Morgan fingerprint density at radius 3 is 2.81 bits per heavy atom. The summed E-state index contributed by atoms with van der Waals surface area (Å²) in [6, 6.07) is 7.61. The Labute approximate surface area is 157 Å². The summed E-state index contributed by atoms with van der Waals surface area (Å²) in [5.74, 6) is 0. The van der Waals surface area contributed by atoms with Gasteiger partial charge in [-0.25, -0.2) is 4.79 Å². The number of hydrogen-bond acceptors (Lipinski definition) is 5. The van der Waals surface area contributed by atoms with Crippen LogP contribution in [0.15, 0.2) is 68.8 Å². The predicted molar refractivity (Wildman–Crippen MR) is 111 cm³/mol. The molecule has 0 spiro atoms. The Hall–Kier alpha value is -2.53. The molecule has 0 unspecified atom stereocenters. The SMILES string of the molecule is CCN(CC)c1ccc2cc(C(=N)SC3=CC=CCC=C3)c(=O)oc2c1. The van der Waals surface area contributed by atoms with Gasteiger partial charge in [0.15, 0.2) is 0 Å². The van der Waals surface area contributed by atoms with Gasteiger partial charge in [0, 0.05) is 35.1 Å². The molecule has 134 valence electrons. The summed E-state index contributed by atoms with van der Waals surface area (Å²) in [5, 5.41) is 9.34. The van der Waals surface area contributed by atoms with Crippen molar-refractivity contribution in [3.8, 4) is 0 Å². The molecule has 1 aromatic carbocycles. The molecule has 1 heterocycles. The van der Waals surface area contributed by atoms with Gasteiger partial charge in [0.2, 0.25) is 0 Å². The Bertz CT molecular complexity index is 966. The van der Waals surface area contributed by atoms with Gasteiger partial charge in [0.05, 0.1) is 5.56 Å². The first-order chi connectivity index (χ1) is 12.6. The molecule has 3 rings (SSSR count). The highest BCUT2D eigenvalue weighted by Gasteiger charge is 2.13. The van der Waals surface area contributed by atoms with E-state index in [0.717, 1.165) is 35.5 Å². The largest absolute Gasteiger partial charge is 0.422 e. The van der Waals surface area contributed by atoms with Crippen LogP contribution in [-0.4, -0.2) is 18.1 Å². The van der Waals surface area contributed by atoms with Crippen LogP contribution in [0.3, 0.4) is 0 Å². The fourth-order valence-electron chi connectivity index (χ4n) is 2.84. The molecule has 0 fully saturated rings. The highest BCUT2D eigenvalue weighted by Crippen LogP contribution is 2.26. The molecule has 5 heteroatoms. The van der Waals surface area contributed by atoms with Gasteiger partial charge in [-0.2, -0.15) is 0 Å². The molecule has 0 saturated carbocycles. The molecule has 0 amide bonds. The third-order valence-corrected chi connectivity index (χ3v) is 5.20. The average Bonchev–Trinajstić information content (AvgIpc) is 2.90.